The molecule has 0 heterocycles. The maximum atomic E-state index is 11.0. The molecule has 0 radical (unpaired) electrons. The normalized spacial score (nSPS) is 14.3. The van der Waals surface area contributed by atoms with E-state index in [2.05, 4.69) is 31.0 Å². The Morgan fingerprint density at radius 3 is 2.65 bits per heavy atom. The van der Waals surface area contributed by atoms with E-state index in [0.717, 1.165) is 50.0 Å². The number of aromatic carboxylic acids is 1. The van der Waals surface area contributed by atoms with Gasteiger partial charge in [0.15, 0.2) is 0 Å². The number of hydrogen-bond acceptors (Lipinski definition) is 3. The van der Waals surface area contributed by atoms with E-state index < -0.39 is 5.97 Å². The fraction of sp³-hybridized carbons (Fsp3) is 0.267. The molecule has 1 aliphatic carbocycles. The van der Waals surface area contributed by atoms with Crippen molar-refractivity contribution in [1.29, 1.82) is 0 Å². The van der Waals surface area contributed by atoms with Gasteiger partial charge in [0.05, 0.1) is 17.4 Å². The Labute approximate surface area is 228 Å². The van der Waals surface area contributed by atoms with Crippen LogP contribution >= 0.6 is 23.2 Å². The van der Waals surface area contributed by atoms with E-state index in [9.17, 15) is 4.79 Å². The van der Waals surface area contributed by atoms with Gasteiger partial charge in [-0.3, -0.25) is 4.99 Å². The first kappa shape index (κ1) is 28.3. The van der Waals surface area contributed by atoms with Crippen molar-refractivity contribution in [3.8, 4) is 5.75 Å². The summed E-state index contributed by atoms with van der Waals surface area (Å²) in [6.45, 7) is 6.89. The smallest absolute Gasteiger partial charge is 0.335 e. The van der Waals surface area contributed by atoms with Crippen molar-refractivity contribution in [3.05, 3.63) is 112 Å². The van der Waals surface area contributed by atoms with Crippen LogP contribution in [0.15, 0.2) is 95.7 Å². The number of halogens is 2. The first-order chi connectivity index (χ1) is 17.9. The lowest BCUT2D eigenvalue weighted by molar-refractivity contribution is 0.0697. The first-order valence-electron chi connectivity index (χ1n) is 12.4. The van der Waals surface area contributed by atoms with Crippen LogP contribution in [0.2, 0.25) is 10.0 Å². The number of hydrogen-bond donors (Lipinski definition) is 2. The molecular weight excluding hydrogens is 507 g/mol. The molecule has 2 N–H and O–H groups in total. The average Bonchev–Trinajstić information content (AvgIpc) is 3.11. The Morgan fingerprint density at radius 2 is 1.97 bits per heavy atom. The van der Waals surface area contributed by atoms with Crippen molar-refractivity contribution in [2.45, 2.75) is 45.1 Å². The number of amidine groups is 1. The Morgan fingerprint density at radius 1 is 1.19 bits per heavy atom. The van der Waals surface area contributed by atoms with Crippen LogP contribution < -0.4 is 10.1 Å². The first-order valence-corrected chi connectivity index (χ1v) is 13.1. The molecule has 1 unspecified atom stereocenters. The molecule has 0 amide bonds. The number of carboxylic acids is 1. The van der Waals surface area contributed by atoms with Gasteiger partial charge in [0.25, 0.3) is 0 Å². The Balaban J connectivity index is 1.63. The van der Waals surface area contributed by atoms with Crippen LogP contribution in [0.25, 0.3) is 0 Å². The summed E-state index contributed by atoms with van der Waals surface area (Å²) >= 11 is 12.5. The van der Waals surface area contributed by atoms with Gasteiger partial charge >= 0.3 is 5.97 Å². The van der Waals surface area contributed by atoms with Gasteiger partial charge < -0.3 is 15.2 Å². The third kappa shape index (κ3) is 8.96. The quantitative estimate of drug-likeness (QED) is 0.123. The van der Waals surface area contributed by atoms with E-state index in [4.69, 9.17) is 38.0 Å². The van der Waals surface area contributed by atoms with E-state index >= 15 is 0 Å². The number of carbonyl (C=O) groups is 1. The van der Waals surface area contributed by atoms with E-state index in [1.807, 2.05) is 30.4 Å². The second-order valence-electron chi connectivity index (χ2n) is 8.59. The largest absolute Gasteiger partial charge is 0.478 e. The molecule has 194 valence electrons. The Kier molecular flexibility index (Phi) is 11.1. The molecule has 1 atom stereocenters. The number of nitrogens with zero attached hydrogens (tertiary/aromatic N) is 1. The van der Waals surface area contributed by atoms with Gasteiger partial charge in [-0.25, -0.2) is 4.79 Å². The highest BCUT2D eigenvalue weighted by molar-refractivity contribution is 6.35. The fourth-order valence-electron chi connectivity index (χ4n) is 3.74. The number of unbranched alkanes of at least 4 members (excludes halogenated alkanes) is 1. The highest BCUT2D eigenvalue weighted by Gasteiger charge is 2.14. The molecule has 0 aliphatic heterocycles. The highest BCUT2D eigenvalue weighted by Crippen LogP contribution is 2.27. The van der Waals surface area contributed by atoms with Crippen LogP contribution in [-0.2, 0) is 0 Å². The monoisotopic (exact) mass is 538 g/mol. The molecular formula is C30H32Cl2N2O3. The van der Waals surface area contributed by atoms with Crippen LogP contribution in [0.5, 0.6) is 5.75 Å². The predicted octanol–water partition coefficient (Wildman–Crippen LogP) is 8.34. The number of nitrogens with one attached hydrogen (secondary N) is 1. The maximum absolute atomic E-state index is 11.0. The molecule has 1 aliphatic rings. The third-order valence-corrected chi connectivity index (χ3v) is 6.38. The van der Waals surface area contributed by atoms with Crippen molar-refractivity contribution in [3.63, 3.8) is 0 Å². The van der Waals surface area contributed by atoms with Crippen molar-refractivity contribution >= 4 is 35.0 Å². The third-order valence-electron chi connectivity index (χ3n) is 5.82. The van der Waals surface area contributed by atoms with Crippen molar-refractivity contribution in [1.82, 2.24) is 5.32 Å². The molecule has 7 heteroatoms. The average molecular weight is 540 g/mol. The Bertz CT molecular complexity index is 1210. The van der Waals surface area contributed by atoms with Crippen molar-refractivity contribution in [2.24, 2.45) is 4.99 Å². The second kappa shape index (κ2) is 14.5. The fourth-order valence-corrected chi connectivity index (χ4v) is 4.27. The topological polar surface area (TPSA) is 70.9 Å². The summed E-state index contributed by atoms with van der Waals surface area (Å²) in [6, 6.07) is 11.7. The number of allylic oxidation sites excluding steroid dienone is 5. The number of benzene rings is 2. The van der Waals surface area contributed by atoms with E-state index in [1.165, 1.54) is 17.7 Å². The van der Waals surface area contributed by atoms with Gasteiger partial charge in [-0.2, -0.15) is 0 Å². The van der Waals surface area contributed by atoms with Crippen LogP contribution in [0.4, 0.5) is 0 Å². The summed E-state index contributed by atoms with van der Waals surface area (Å²) in [6.07, 6.45) is 14.4. The number of aliphatic imine (C=N–C) groups is 1. The van der Waals surface area contributed by atoms with Gasteiger partial charge in [0.2, 0.25) is 0 Å². The van der Waals surface area contributed by atoms with Gasteiger partial charge in [-0.1, -0.05) is 66.4 Å². The highest BCUT2D eigenvalue weighted by atomic mass is 35.5. The number of carboxylic acid groups (broad SMARTS) is 1. The Hall–Kier alpha value is -3.28. The lowest BCUT2D eigenvalue weighted by atomic mass is 10.0. The molecule has 0 saturated carbocycles. The molecule has 3 rings (SSSR count). The number of ether oxygens (including phenoxy) is 1. The minimum absolute atomic E-state index is 0.182. The van der Waals surface area contributed by atoms with Crippen molar-refractivity contribution < 1.29 is 14.6 Å². The second-order valence-corrected chi connectivity index (χ2v) is 9.44. The zero-order valence-electron chi connectivity index (χ0n) is 20.9. The van der Waals surface area contributed by atoms with Crippen LogP contribution in [0.3, 0.4) is 0 Å². The molecule has 0 saturated heterocycles. The summed E-state index contributed by atoms with van der Waals surface area (Å²) in [4.78, 5) is 15.9. The van der Waals surface area contributed by atoms with Gasteiger partial charge in [-0.15, -0.1) is 6.58 Å². The zero-order valence-corrected chi connectivity index (χ0v) is 22.4. The lowest BCUT2D eigenvalue weighted by Crippen LogP contribution is -2.28. The summed E-state index contributed by atoms with van der Waals surface area (Å²) in [5.74, 6) is 1.26. The zero-order chi connectivity index (χ0) is 26.6. The molecule has 0 fully saturated rings. The number of rotatable bonds is 12. The molecule has 0 spiro atoms. The van der Waals surface area contributed by atoms with Gasteiger partial charge in [0, 0.05) is 23.0 Å². The van der Waals surface area contributed by atoms with Crippen molar-refractivity contribution in [2.75, 3.05) is 6.54 Å². The minimum Gasteiger partial charge on any atom is -0.478 e. The molecule has 5 nitrogen and oxygen atoms in total. The molecule has 0 bridgehead atoms. The summed E-state index contributed by atoms with van der Waals surface area (Å²) in [7, 11) is 0. The van der Waals surface area contributed by atoms with E-state index in [0.29, 0.717) is 21.6 Å². The standard InChI is InChI=1S/C30H32Cl2N2O3/c1-3-5-19-33-29(34-28(4-2)26-17-13-23(31)20-27(26)32)18-10-21-7-6-8-24(14-9-21)37-25-15-11-22(12-16-25)30(35)36/h4,7-9,11-17,20,28H,2-3,5-6,10,18-19H2,1H3,(H,33,34)(H,35,36). The molecule has 37 heavy (non-hydrogen) atoms. The van der Waals surface area contributed by atoms with Crippen LogP contribution in [-0.4, -0.2) is 23.5 Å². The van der Waals surface area contributed by atoms with E-state index in [1.54, 1.807) is 18.2 Å². The summed E-state index contributed by atoms with van der Waals surface area (Å²) in [5.41, 5.74) is 2.31. The minimum atomic E-state index is -0.961. The van der Waals surface area contributed by atoms with Crippen LogP contribution in [0, 0.1) is 0 Å². The summed E-state index contributed by atoms with van der Waals surface area (Å²) < 4.78 is 5.92. The molecule has 0 aromatic heterocycles. The van der Waals surface area contributed by atoms with Crippen LogP contribution in [0.1, 0.15) is 61.0 Å². The maximum Gasteiger partial charge on any atom is 0.335 e. The summed E-state index contributed by atoms with van der Waals surface area (Å²) in [5, 5.41) is 13.8. The van der Waals surface area contributed by atoms with Gasteiger partial charge in [-0.05, 0) is 73.4 Å². The molecule has 2 aromatic rings. The SMILES string of the molecule is C=CC(NC(CCC1=CCC=C(Oc2ccc(C(=O)O)cc2)C=C1)=NCCCC)c1ccc(Cl)cc1Cl. The lowest BCUT2D eigenvalue weighted by Gasteiger charge is -2.20. The van der Waals surface area contributed by atoms with Gasteiger partial charge in [0.1, 0.15) is 11.5 Å². The molecule has 2 aromatic carbocycles. The van der Waals surface area contributed by atoms with E-state index in [-0.39, 0.29) is 11.6 Å². The predicted molar refractivity (Wildman–Crippen MR) is 153 cm³/mol.